The van der Waals surface area contributed by atoms with E-state index in [-0.39, 0.29) is 0 Å². The summed E-state index contributed by atoms with van der Waals surface area (Å²) in [5.74, 6) is 0. The van der Waals surface area contributed by atoms with Crippen LogP contribution in [-0.2, 0) is 26.9 Å². The highest BCUT2D eigenvalue weighted by atomic mass is 15.3. The Kier molecular flexibility index (Phi) is 5.14. The monoisotopic (exact) mass is 387 g/mol. The van der Waals surface area contributed by atoms with Gasteiger partial charge < -0.3 is 5.73 Å². The summed E-state index contributed by atoms with van der Waals surface area (Å²) in [6, 6.07) is 8.72. The lowest BCUT2D eigenvalue weighted by molar-refractivity contribution is 0.706. The number of aromatic nitrogens is 4. The van der Waals surface area contributed by atoms with Gasteiger partial charge in [0, 0.05) is 37.8 Å². The summed E-state index contributed by atoms with van der Waals surface area (Å²) in [4.78, 5) is 0. The highest BCUT2D eigenvalue weighted by molar-refractivity contribution is 5.85. The number of hydrogen-bond acceptors (Lipinski definition) is 3. The van der Waals surface area contributed by atoms with Crippen LogP contribution in [0.4, 0.5) is 0 Å². The molecule has 1 aliphatic carbocycles. The van der Waals surface area contributed by atoms with Gasteiger partial charge in [-0.2, -0.15) is 10.2 Å². The molecule has 3 aromatic rings. The van der Waals surface area contributed by atoms with Gasteiger partial charge in [-0.25, -0.2) is 0 Å². The molecule has 4 rings (SSSR count). The van der Waals surface area contributed by atoms with Gasteiger partial charge in [-0.15, -0.1) is 0 Å². The van der Waals surface area contributed by atoms with Crippen LogP contribution < -0.4 is 5.73 Å². The van der Waals surface area contributed by atoms with E-state index in [9.17, 15) is 0 Å². The van der Waals surface area contributed by atoms with E-state index in [1.54, 1.807) is 6.20 Å². The van der Waals surface area contributed by atoms with Gasteiger partial charge in [-0.05, 0) is 54.7 Å². The third kappa shape index (κ3) is 3.53. The van der Waals surface area contributed by atoms with Crippen LogP contribution in [0, 0.1) is 0 Å². The average molecular weight is 388 g/mol. The average Bonchev–Trinajstić information content (AvgIpc) is 3.30. The van der Waals surface area contributed by atoms with E-state index in [1.165, 1.54) is 44.8 Å². The molecule has 0 amide bonds. The predicted molar refractivity (Wildman–Crippen MR) is 118 cm³/mol. The maximum absolute atomic E-state index is 6.01. The van der Waals surface area contributed by atoms with E-state index in [2.05, 4.69) is 61.1 Å². The van der Waals surface area contributed by atoms with Crippen molar-refractivity contribution in [3.63, 3.8) is 0 Å². The van der Waals surface area contributed by atoms with Crippen LogP contribution >= 0.6 is 0 Å². The molecule has 2 N–H and O–H groups in total. The summed E-state index contributed by atoms with van der Waals surface area (Å²) < 4.78 is 3.90. The fourth-order valence-electron chi connectivity index (χ4n) is 4.28. The van der Waals surface area contributed by atoms with Crippen molar-refractivity contribution in [3.05, 3.63) is 76.5 Å². The van der Waals surface area contributed by atoms with Crippen LogP contribution in [0.25, 0.3) is 16.7 Å². The molecule has 0 radical (unpaired) electrons. The molecule has 1 aliphatic rings. The summed E-state index contributed by atoms with van der Waals surface area (Å²) in [5.41, 5.74) is 17.3. The van der Waals surface area contributed by atoms with Gasteiger partial charge >= 0.3 is 0 Å². The predicted octanol–water partition coefficient (Wildman–Crippen LogP) is 4.38. The van der Waals surface area contributed by atoms with Gasteiger partial charge in [0.05, 0.1) is 17.6 Å². The molecule has 1 aromatic carbocycles. The van der Waals surface area contributed by atoms with Crippen molar-refractivity contribution in [1.29, 1.82) is 0 Å². The highest BCUT2D eigenvalue weighted by Crippen LogP contribution is 2.40. The van der Waals surface area contributed by atoms with Gasteiger partial charge in [-0.1, -0.05) is 36.8 Å². The number of aryl methyl sites for hydroxylation is 3. The molecule has 0 unspecified atom stereocenters. The zero-order valence-electron chi connectivity index (χ0n) is 17.7. The second kappa shape index (κ2) is 7.74. The maximum Gasteiger partial charge on any atom is 0.0709 e. The zero-order valence-corrected chi connectivity index (χ0v) is 17.7. The van der Waals surface area contributed by atoms with Crippen LogP contribution in [0.5, 0.6) is 0 Å². The number of nitrogens with zero attached hydrogens (tertiary/aromatic N) is 4. The smallest absolute Gasteiger partial charge is 0.0709 e. The number of nitrogens with two attached hydrogens (primary N) is 1. The summed E-state index contributed by atoms with van der Waals surface area (Å²) in [5, 5.41) is 9.17. The summed E-state index contributed by atoms with van der Waals surface area (Å²) in [6.07, 6.45) is 9.51. The number of hydrogen-bond donors (Lipinski definition) is 1. The molecule has 0 spiro atoms. The number of benzene rings is 1. The fraction of sp³-hybridized carbons (Fsp3) is 0.333. The largest absolute Gasteiger partial charge is 0.404 e. The lowest BCUT2D eigenvalue weighted by Gasteiger charge is -2.22. The molecule has 2 heterocycles. The maximum atomic E-state index is 6.01. The van der Waals surface area contributed by atoms with Crippen molar-refractivity contribution in [2.75, 3.05) is 0 Å². The standard InChI is InChI=1S/C24H29N5/c1-5-16(2)23-19(13-25)9-10-21-24(23)22(29(4)27-21)12-17-7-6-8-18(11-17)20-14-26-28(3)15-20/h6-8,11,13-15H,5,9-10,12,25H2,1-4H3/b19-13-,23-16-. The first-order valence-corrected chi connectivity index (χ1v) is 10.3. The van der Waals surface area contributed by atoms with Crippen molar-refractivity contribution < 1.29 is 0 Å². The molecule has 0 aliphatic heterocycles. The Balaban J connectivity index is 1.78. The van der Waals surface area contributed by atoms with Gasteiger partial charge in [0.1, 0.15) is 0 Å². The van der Waals surface area contributed by atoms with Gasteiger partial charge in [0.25, 0.3) is 0 Å². The second-order valence-electron chi connectivity index (χ2n) is 7.87. The summed E-state index contributed by atoms with van der Waals surface area (Å²) in [7, 11) is 4.01. The molecule has 0 saturated carbocycles. The van der Waals surface area contributed by atoms with E-state index in [4.69, 9.17) is 10.8 Å². The Morgan fingerprint density at radius 3 is 2.72 bits per heavy atom. The molecule has 29 heavy (non-hydrogen) atoms. The highest BCUT2D eigenvalue weighted by Gasteiger charge is 2.27. The van der Waals surface area contributed by atoms with Crippen LogP contribution in [0.2, 0.25) is 0 Å². The van der Waals surface area contributed by atoms with Crippen LogP contribution in [0.3, 0.4) is 0 Å². The molecule has 150 valence electrons. The van der Waals surface area contributed by atoms with Crippen molar-refractivity contribution in [3.8, 4) is 11.1 Å². The number of fused-ring (bicyclic) bond motifs is 1. The van der Waals surface area contributed by atoms with Gasteiger partial charge in [0.2, 0.25) is 0 Å². The van der Waals surface area contributed by atoms with E-state index >= 15 is 0 Å². The Labute approximate surface area is 172 Å². The van der Waals surface area contributed by atoms with Crippen LogP contribution in [0.15, 0.2) is 54.0 Å². The third-order valence-electron chi connectivity index (χ3n) is 5.94. The van der Waals surface area contributed by atoms with Crippen molar-refractivity contribution in [1.82, 2.24) is 19.6 Å². The first-order chi connectivity index (χ1) is 14.0. The molecule has 0 atom stereocenters. The SMILES string of the molecule is CC/C(C)=C1/C(=C\N)CCc2nn(C)c(Cc3cccc(-c4cnn(C)c4)c3)c21. The minimum atomic E-state index is 0.839. The lowest BCUT2D eigenvalue weighted by atomic mass is 9.82. The molecule has 5 heteroatoms. The normalized spacial score (nSPS) is 16.9. The minimum absolute atomic E-state index is 0.839. The quantitative estimate of drug-likeness (QED) is 0.722. The summed E-state index contributed by atoms with van der Waals surface area (Å²) >= 11 is 0. The van der Waals surface area contributed by atoms with Crippen molar-refractivity contribution in [2.45, 2.75) is 39.5 Å². The zero-order chi connectivity index (χ0) is 20.5. The Morgan fingerprint density at radius 1 is 1.21 bits per heavy atom. The minimum Gasteiger partial charge on any atom is -0.404 e. The first kappa shape index (κ1) is 19.2. The number of allylic oxidation sites excluding steroid dienone is 3. The van der Waals surface area contributed by atoms with Gasteiger partial charge in [0.15, 0.2) is 0 Å². The molecule has 0 saturated heterocycles. The van der Waals surface area contributed by atoms with E-state index in [0.717, 1.165) is 31.2 Å². The third-order valence-corrected chi connectivity index (χ3v) is 5.94. The van der Waals surface area contributed by atoms with E-state index in [1.807, 2.05) is 17.9 Å². The molecule has 0 fully saturated rings. The van der Waals surface area contributed by atoms with E-state index in [0.29, 0.717) is 0 Å². The lowest BCUT2D eigenvalue weighted by Crippen LogP contribution is -2.09. The topological polar surface area (TPSA) is 61.7 Å². The first-order valence-electron chi connectivity index (χ1n) is 10.3. The Bertz CT molecular complexity index is 1110. The Hall–Kier alpha value is -3.08. The van der Waals surface area contributed by atoms with Crippen molar-refractivity contribution >= 4 is 5.57 Å². The fourth-order valence-corrected chi connectivity index (χ4v) is 4.28. The molecular weight excluding hydrogens is 358 g/mol. The Morgan fingerprint density at radius 2 is 2.03 bits per heavy atom. The van der Waals surface area contributed by atoms with E-state index < -0.39 is 0 Å². The molecule has 0 bridgehead atoms. The summed E-state index contributed by atoms with van der Waals surface area (Å²) in [6.45, 7) is 4.42. The second-order valence-corrected chi connectivity index (χ2v) is 7.87. The molecular formula is C24H29N5. The molecule has 5 nitrogen and oxygen atoms in total. The van der Waals surface area contributed by atoms with Crippen LogP contribution in [-0.4, -0.2) is 19.6 Å². The van der Waals surface area contributed by atoms with Crippen molar-refractivity contribution in [2.24, 2.45) is 19.8 Å². The van der Waals surface area contributed by atoms with Gasteiger partial charge in [-0.3, -0.25) is 9.36 Å². The van der Waals surface area contributed by atoms with Crippen LogP contribution in [0.1, 0.15) is 49.2 Å². The molecule has 2 aromatic heterocycles. The number of rotatable bonds is 4.